The lowest BCUT2D eigenvalue weighted by Crippen LogP contribution is -2.01. The Hall–Kier alpha value is -1.98. The van der Waals surface area contributed by atoms with Gasteiger partial charge in [-0.2, -0.15) is 0 Å². The molecule has 0 spiro atoms. The Labute approximate surface area is 132 Å². The van der Waals surface area contributed by atoms with Crippen LogP contribution in [-0.4, -0.2) is 25.4 Å². The summed E-state index contributed by atoms with van der Waals surface area (Å²) in [5.74, 6) is 0.537. The molecule has 2 heterocycles. The van der Waals surface area contributed by atoms with Crippen LogP contribution in [0, 0.1) is 11.6 Å². The van der Waals surface area contributed by atoms with Gasteiger partial charge in [0.15, 0.2) is 0 Å². The molecule has 2 unspecified atom stereocenters. The first-order valence-electron chi connectivity index (χ1n) is 7.65. The summed E-state index contributed by atoms with van der Waals surface area (Å²) in [5, 5.41) is 0. The number of hydrogen-bond donors (Lipinski definition) is 0. The third kappa shape index (κ3) is 3.68. The first kappa shape index (κ1) is 14.6. The zero-order chi connectivity index (χ0) is 15.8. The predicted molar refractivity (Wildman–Crippen MR) is 79.8 cm³/mol. The molecule has 0 saturated carbocycles. The highest BCUT2D eigenvalue weighted by atomic mass is 19.1. The van der Waals surface area contributed by atoms with E-state index in [1.165, 1.54) is 24.3 Å². The van der Waals surface area contributed by atoms with Gasteiger partial charge < -0.3 is 14.2 Å². The van der Waals surface area contributed by atoms with E-state index in [4.69, 9.17) is 14.2 Å². The lowest BCUT2D eigenvalue weighted by molar-refractivity contribution is 0.397. The minimum Gasteiger partial charge on any atom is -0.457 e. The van der Waals surface area contributed by atoms with Crippen molar-refractivity contribution in [1.82, 2.24) is 0 Å². The molecule has 23 heavy (non-hydrogen) atoms. The molecule has 2 aliphatic heterocycles. The molecule has 5 heteroatoms. The summed E-state index contributed by atoms with van der Waals surface area (Å²) in [6, 6.07) is 8.86. The first-order valence-corrected chi connectivity index (χ1v) is 7.65. The Morgan fingerprint density at radius 3 is 1.65 bits per heavy atom. The van der Waals surface area contributed by atoms with Crippen LogP contribution >= 0.6 is 0 Å². The second-order valence-electron chi connectivity index (χ2n) is 5.93. The van der Waals surface area contributed by atoms with Crippen LogP contribution in [-0.2, 0) is 22.3 Å². The SMILES string of the molecule is Fc1ccc(Oc2ccc(F)cc2CC2CO2)c(CC2CO2)c1. The normalized spacial score (nSPS) is 22.0. The van der Waals surface area contributed by atoms with Crippen LogP contribution in [0.15, 0.2) is 36.4 Å². The number of hydrogen-bond acceptors (Lipinski definition) is 3. The van der Waals surface area contributed by atoms with E-state index in [1.54, 1.807) is 12.1 Å². The van der Waals surface area contributed by atoms with Crippen molar-refractivity contribution < 1.29 is 23.0 Å². The van der Waals surface area contributed by atoms with Crippen LogP contribution in [0.3, 0.4) is 0 Å². The van der Waals surface area contributed by atoms with E-state index in [9.17, 15) is 8.78 Å². The Kier molecular flexibility index (Phi) is 3.75. The minimum atomic E-state index is -0.307. The van der Waals surface area contributed by atoms with Gasteiger partial charge in [-0.3, -0.25) is 0 Å². The van der Waals surface area contributed by atoms with Gasteiger partial charge in [-0.05, 0) is 36.4 Å². The van der Waals surface area contributed by atoms with Crippen molar-refractivity contribution in [2.45, 2.75) is 25.0 Å². The van der Waals surface area contributed by atoms with Crippen molar-refractivity contribution in [2.24, 2.45) is 0 Å². The summed E-state index contributed by atoms with van der Waals surface area (Å²) in [5.41, 5.74) is 1.51. The first-order chi connectivity index (χ1) is 11.2. The lowest BCUT2D eigenvalue weighted by Gasteiger charge is -2.14. The third-order valence-electron chi connectivity index (χ3n) is 3.96. The smallest absolute Gasteiger partial charge is 0.130 e. The number of benzene rings is 2. The zero-order valence-electron chi connectivity index (χ0n) is 12.4. The Bertz CT molecular complexity index is 663. The van der Waals surface area contributed by atoms with Gasteiger partial charge in [0.25, 0.3) is 0 Å². The molecule has 0 radical (unpaired) electrons. The second kappa shape index (κ2) is 5.91. The highest BCUT2D eigenvalue weighted by molar-refractivity contribution is 5.42. The molecule has 0 aromatic heterocycles. The Morgan fingerprint density at radius 2 is 1.26 bits per heavy atom. The van der Waals surface area contributed by atoms with E-state index in [0.29, 0.717) is 37.6 Å². The molecular weight excluding hydrogens is 302 g/mol. The van der Waals surface area contributed by atoms with Gasteiger partial charge in [0.1, 0.15) is 23.1 Å². The summed E-state index contributed by atoms with van der Waals surface area (Å²) >= 11 is 0. The molecule has 2 aromatic carbocycles. The molecular formula is C18H16F2O3. The van der Waals surface area contributed by atoms with Crippen molar-refractivity contribution in [1.29, 1.82) is 0 Å². The topological polar surface area (TPSA) is 34.3 Å². The highest BCUT2D eigenvalue weighted by Gasteiger charge is 2.26. The summed E-state index contributed by atoms with van der Waals surface area (Å²) in [6.45, 7) is 1.38. The van der Waals surface area contributed by atoms with Gasteiger partial charge >= 0.3 is 0 Å². The zero-order valence-corrected chi connectivity index (χ0v) is 12.4. The van der Waals surface area contributed by atoms with E-state index in [2.05, 4.69) is 0 Å². The quantitative estimate of drug-likeness (QED) is 0.763. The molecule has 0 N–H and O–H groups in total. The van der Waals surface area contributed by atoms with Crippen LogP contribution in [0.1, 0.15) is 11.1 Å². The van der Waals surface area contributed by atoms with Crippen molar-refractivity contribution in [3.05, 3.63) is 59.2 Å². The fraction of sp³-hybridized carbons (Fsp3) is 0.333. The van der Waals surface area contributed by atoms with Crippen molar-refractivity contribution >= 4 is 0 Å². The van der Waals surface area contributed by atoms with Crippen molar-refractivity contribution in [3.8, 4) is 11.5 Å². The maximum atomic E-state index is 13.5. The molecule has 2 fully saturated rings. The number of halogens is 2. The molecule has 120 valence electrons. The predicted octanol–water partition coefficient (Wildman–Crippen LogP) is 3.64. The van der Waals surface area contributed by atoms with Gasteiger partial charge in [0.05, 0.1) is 25.4 Å². The fourth-order valence-corrected chi connectivity index (χ4v) is 2.60. The van der Waals surface area contributed by atoms with E-state index >= 15 is 0 Å². The molecule has 4 rings (SSSR count). The molecule has 0 amide bonds. The van der Waals surface area contributed by atoms with Gasteiger partial charge in [-0.25, -0.2) is 8.78 Å². The average molecular weight is 318 g/mol. The fourth-order valence-electron chi connectivity index (χ4n) is 2.60. The third-order valence-corrected chi connectivity index (χ3v) is 3.96. The van der Waals surface area contributed by atoms with E-state index < -0.39 is 0 Å². The number of rotatable bonds is 6. The Balaban J connectivity index is 1.61. The monoisotopic (exact) mass is 318 g/mol. The maximum Gasteiger partial charge on any atom is 0.130 e. The van der Waals surface area contributed by atoms with Crippen LogP contribution in [0.25, 0.3) is 0 Å². The summed E-state index contributed by atoms with van der Waals surface area (Å²) < 4.78 is 43.4. The van der Waals surface area contributed by atoms with E-state index in [0.717, 1.165) is 11.1 Å². The van der Waals surface area contributed by atoms with Crippen LogP contribution < -0.4 is 4.74 Å². The van der Waals surface area contributed by atoms with E-state index in [-0.39, 0.29) is 23.8 Å². The van der Waals surface area contributed by atoms with Gasteiger partial charge in [0, 0.05) is 24.0 Å². The highest BCUT2D eigenvalue weighted by Crippen LogP contribution is 2.33. The van der Waals surface area contributed by atoms with Gasteiger partial charge in [-0.1, -0.05) is 0 Å². The average Bonchev–Trinajstić information content (AvgIpc) is 3.40. The standard InChI is InChI=1S/C18H16F2O3/c19-13-1-3-17(11(5-13)7-15-9-21-15)23-18-4-2-14(20)6-12(18)8-16-10-22-16/h1-6,15-16H,7-10H2. The molecule has 3 nitrogen and oxygen atoms in total. The maximum absolute atomic E-state index is 13.5. The van der Waals surface area contributed by atoms with Crippen LogP contribution in [0.4, 0.5) is 8.78 Å². The molecule has 2 saturated heterocycles. The molecule has 0 aliphatic carbocycles. The van der Waals surface area contributed by atoms with Crippen LogP contribution in [0.5, 0.6) is 11.5 Å². The van der Waals surface area contributed by atoms with Gasteiger partial charge in [0.2, 0.25) is 0 Å². The van der Waals surface area contributed by atoms with Gasteiger partial charge in [-0.15, -0.1) is 0 Å². The number of ether oxygens (including phenoxy) is 3. The minimum absolute atomic E-state index is 0.131. The molecule has 2 aromatic rings. The molecule has 2 aliphatic rings. The summed E-state index contributed by atoms with van der Waals surface area (Å²) in [6.07, 6.45) is 1.48. The van der Waals surface area contributed by atoms with E-state index in [1.807, 2.05) is 0 Å². The van der Waals surface area contributed by atoms with Crippen LogP contribution in [0.2, 0.25) is 0 Å². The van der Waals surface area contributed by atoms with Crippen molar-refractivity contribution in [2.75, 3.05) is 13.2 Å². The van der Waals surface area contributed by atoms with Crippen molar-refractivity contribution in [3.63, 3.8) is 0 Å². The summed E-state index contributed by atoms with van der Waals surface area (Å²) in [4.78, 5) is 0. The summed E-state index contributed by atoms with van der Waals surface area (Å²) in [7, 11) is 0. The molecule has 0 bridgehead atoms. The molecule has 2 atom stereocenters. The second-order valence-corrected chi connectivity index (χ2v) is 5.93. The number of epoxide rings is 2. The lowest BCUT2D eigenvalue weighted by atomic mass is 10.1. The largest absolute Gasteiger partial charge is 0.457 e. The Morgan fingerprint density at radius 1 is 0.826 bits per heavy atom.